The molecular formula is C17H31NO3. The molecular weight excluding hydrogens is 266 g/mol. The number of ketones is 1. The van der Waals surface area contributed by atoms with Crippen LogP contribution in [0, 0.1) is 0 Å². The van der Waals surface area contributed by atoms with Crippen LogP contribution in [-0.4, -0.2) is 28.9 Å². The van der Waals surface area contributed by atoms with Gasteiger partial charge in [0.2, 0.25) is 5.91 Å². The lowest BCUT2D eigenvalue weighted by molar-refractivity contribution is -0.129. The Morgan fingerprint density at radius 2 is 1.71 bits per heavy atom. The number of Topliss-reactive ketones (excluding diaryl/α,β-unsaturated/α-hetero) is 1. The maximum Gasteiger partial charge on any atom is 0.227 e. The molecule has 0 aromatic heterocycles. The fraction of sp³-hybridized carbons (Fsp3) is 0.882. The van der Waals surface area contributed by atoms with Crippen molar-refractivity contribution in [1.29, 1.82) is 0 Å². The second-order valence-corrected chi connectivity index (χ2v) is 6.26. The molecule has 0 saturated heterocycles. The Hall–Kier alpha value is -0.900. The highest BCUT2D eigenvalue weighted by Crippen LogP contribution is 2.18. The fourth-order valence-corrected chi connectivity index (χ4v) is 2.91. The van der Waals surface area contributed by atoms with Crippen molar-refractivity contribution in [1.82, 2.24) is 5.32 Å². The lowest BCUT2D eigenvalue weighted by Crippen LogP contribution is -2.40. The van der Waals surface area contributed by atoms with Gasteiger partial charge in [0.25, 0.3) is 0 Å². The van der Waals surface area contributed by atoms with E-state index in [1.54, 1.807) is 0 Å². The van der Waals surface area contributed by atoms with E-state index >= 15 is 0 Å². The average molecular weight is 297 g/mol. The Morgan fingerprint density at radius 1 is 1.05 bits per heavy atom. The third-order valence-corrected chi connectivity index (χ3v) is 4.24. The molecule has 0 spiro atoms. The highest BCUT2D eigenvalue weighted by molar-refractivity contribution is 5.98. The van der Waals surface area contributed by atoms with Crippen molar-refractivity contribution in [3.63, 3.8) is 0 Å². The van der Waals surface area contributed by atoms with Gasteiger partial charge in [-0.3, -0.25) is 9.59 Å². The molecule has 0 unspecified atom stereocenters. The zero-order chi connectivity index (χ0) is 15.5. The Labute approximate surface area is 128 Å². The Bertz CT molecular complexity index is 317. The monoisotopic (exact) mass is 297 g/mol. The second kappa shape index (κ2) is 10.8. The van der Waals surface area contributed by atoms with E-state index in [1.807, 2.05) is 0 Å². The molecule has 4 nitrogen and oxygen atoms in total. The number of rotatable bonds is 11. The minimum Gasteiger partial charge on any atom is -0.391 e. The molecule has 2 atom stereocenters. The van der Waals surface area contributed by atoms with Gasteiger partial charge in [-0.1, -0.05) is 45.4 Å². The summed E-state index contributed by atoms with van der Waals surface area (Å²) in [5.74, 6) is -0.206. The molecule has 1 aliphatic carbocycles. The summed E-state index contributed by atoms with van der Waals surface area (Å²) in [7, 11) is 0. The van der Waals surface area contributed by atoms with Gasteiger partial charge in [-0.05, 0) is 25.7 Å². The minimum absolute atomic E-state index is 0.0218. The van der Waals surface area contributed by atoms with Gasteiger partial charge < -0.3 is 10.4 Å². The highest BCUT2D eigenvalue weighted by Gasteiger charge is 2.26. The van der Waals surface area contributed by atoms with Crippen LogP contribution >= 0.6 is 0 Å². The van der Waals surface area contributed by atoms with Crippen molar-refractivity contribution in [3.8, 4) is 0 Å². The largest absolute Gasteiger partial charge is 0.391 e. The quantitative estimate of drug-likeness (QED) is 0.455. The van der Waals surface area contributed by atoms with Crippen LogP contribution in [0.4, 0.5) is 0 Å². The Morgan fingerprint density at radius 3 is 2.33 bits per heavy atom. The summed E-state index contributed by atoms with van der Waals surface area (Å²) in [5, 5.41) is 12.4. The van der Waals surface area contributed by atoms with E-state index in [0.29, 0.717) is 6.42 Å². The lowest BCUT2D eigenvalue weighted by Gasteiger charge is -2.15. The topological polar surface area (TPSA) is 66.4 Å². The molecule has 122 valence electrons. The number of aliphatic hydroxyl groups excluding tert-OH is 1. The Balaban J connectivity index is 2.01. The molecule has 0 aromatic carbocycles. The highest BCUT2D eigenvalue weighted by atomic mass is 16.3. The molecule has 21 heavy (non-hydrogen) atoms. The van der Waals surface area contributed by atoms with Gasteiger partial charge >= 0.3 is 0 Å². The van der Waals surface area contributed by atoms with Gasteiger partial charge in [0.1, 0.15) is 5.78 Å². The number of hydrogen-bond donors (Lipinski definition) is 2. The van der Waals surface area contributed by atoms with E-state index in [-0.39, 0.29) is 24.2 Å². The van der Waals surface area contributed by atoms with Gasteiger partial charge in [-0.2, -0.15) is 0 Å². The number of carbonyl (C=O) groups excluding carboxylic acids is 2. The van der Waals surface area contributed by atoms with Gasteiger partial charge in [0, 0.05) is 6.42 Å². The normalized spacial score (nSPS) is 21.4. The predicted octanol–water partition coefficient (Wildman–Crippen LogP) is 3.12. The first kappa shape index (κ1) is 18.1. The first-order chi connectivity index (χ1) is 10.1. The van der Waals surface area contributed by atoms with Crippen LogP contribution in [0.1, 0.15) is 84.0 Å². The summed E-state index contributed by atoms with van der Waals surface area (Å²) < 4.78 is 0. The van der Waals surface area contributed by atoms with Crippen LogP contribution < -0.4 is 5.32 Å². The molecule has 1 saturated carbocycles. The molecule has 1 rings (SSSR count). The van der Waals surface area contributed by atoms with Crippen molar-refractivity contribution < 1.29 is 14.7 Å². The second-order valence-electron chi connectivity index (χ2n) is 6.26. The van der Waals surface area contributed by atoms with Crippen molar-refractivity contribution in [2.75, 3.05) is 0 Å². The van der Waals surface area contributed by atoms with E-state index in [2.05, 4.69) is 12.2 Å². The number of hydrogen-bond acceptors (Lipinski definition) is 3. The first-order valence-electron chi connectivity index (χ1n) is 8.62. The first-order valence-corrected chi connectivity index (χ1v) is 8.62. The number of unbranched alkanes of at least 4 members (excludes halogenated alkanes) is 6. The van der Waals surface area contributed by atoms with Gasteiger partial charge in [-0.25, -0.2) is 0 Å². The lowest BCUT2D eigenvalue weighted by atomic mass is 10.1. The zero-order valence-corrected chi connectivity index (χ0v) is 13.4. The van der Waals surface area contributed by atoms with Gasteiger partial charge in [-0.15, -0.1) is 0 Å². The molecule has 2 N–H and O–H groups in total. The molecule has 0 bridgehead atoms. The summed E-state index contributed by atoms with van der Waals surface area (Å²) >= 11 is 0. The summed E-state index contributed by atoms with van der Waals surface area (Å²) in [6.07, 6.45) is 10.8. The number of carbonyl (C=O) groups is 2. The molecule has 0 aliphatic heterocycles. The summed E-state index contributed by atoms with van der Waals surface area (Å²) in [4.78, 5) is 23.4. The number of nitrogens with one attached hydrogen (secondary N) is 1. The van der Waals surface area contributed by atoms with Crippen molar-refractivity contribution in [2.24, 2.45) is 0 Å². The molecule has 1 aliphatic rings. The smallest absolute Gasteiger partial charge is 0.227 e. The standard InChI is InChI=1S/C17H31NO3/c1-2-3-4-5-6-7-8-10-14(19)13-17(21)18-15-11-9-12-16(15)20/h15-16,20H,2-13H2,1H3,(H,18,21)/t15-,16-/m0/s1. The van der Waals surface area contributed by atoms with Crippen LogP contribution in [0.3, 0.4) is 0 Å². The van der Waals surface area contributed by atoms with E-state index < -0.39 is 6.10 Å². The van der Waals surface area contributed by atoms with Crippen LogP contribution in [-0.2, 0) is 9.59 Å². The van der Waals surface area contributed by atoms with Crippen molar-refractivity contribution in [3.05, 3.63) is 0 Å². The van der Waals surface area contributed by atoms with Crippen molar-refractivity contribution >= 4 is 11.7 Å². The number of aliphatic hydroxyl groups is 1. The maximum atomic E-state index is 11.7. The van der Waals surface area contributed by atoms with Crippen LogP contribution in [0.25, 0.3) is 0 Å². The van der Waals surface area contributed by atoms with Gasteiger partial charge in [0.15, 0.2) is 0 Å². The summed E-state index contributed by atoms with van der Waals surface area (Å²) in [5.41, 5.74) is 0. The zero-order valence-electron chi connectivity index (χ0n) is 13.4. The van der Waals surface area contributed by atoms with Crippen molar-refractivity contribution in [2.45, 2.75) is 96.1 Å². The molecule has 0 radical (unpaired) electrons. The third kappa shape index (κ3) is 8.20. The summed E-state index contributed by atoms with van der Waals surface area (Å²) in [6.45, 7) is 2.20. The maximum absolute atomic E-state index is 11.7. The molecule has 1 amide bonds. The van der Waals surface area contributed by atoms with E-state index in [1.165, 1.54) is 32.1 Å². The van der Waals surface area contributed by atoms with E-state index in [9.17, 15) is 14.7 Å². The fourth-order valence-electron chi connectivity index (χ4n) is 2.91. The summed E-state index contributed by atoms with van der Waals surface area (Å²) in [6, 6.07) is -0.149. The van der Waals surface area contributed by atoms with E-state index in [4.69, 9.17) is 0 Å². The predicted molar refractivity (Wildman–Crippen MR) is 84.0 cm³/mol. The van der Waals surface area contributed by atoms with Gasteiger partial charge in [0.05, 0.1) is 18.6 Å². The molecule has 0 heterocycles. The molecule has 1 fully saturated rings. The van der Waals surface area contributed by atoms with Crippen LogP contribution in [0.5, 0.6) is 0 Å². The molecule has 4 heteroatoms. The number of amides is 1. The molecule has 0 aromatic rings. The minimum atomic E-state index is -0.438. The van der Waals surface area contributed by atoms with Crippen LogP contribution in [0.2, 0.25) is 0 Å². The average Bonchev–Trinajstić information content (AvgIpc) is 2.83. The van der Waals surface area contributed by atoms with Crippen LogP contribution in [0.15, 0.2) is 0 Å². The SMILES string of the molecule is CCCCCCCCCC(=O)CC(=O)N[C@H]1CCC[C@@H]1O. The Kier molecular flexibility index (Phi) is 9.31. The third-order valence-electron chi connectivity index (χ3n) is 4.24. The van der Waals surface area contributed by atoms with E-state index in [0.717, 1.165) is 32.1 Å².